The minimum atomic E-state index is -0.361. The second-order valence-electron chi connectivity index (χ2n) is 5.38. The Hall–Kier alpha value is -2.00. The highest BCUT2D eigenvalue weighted by molar-refractivity contribution is 6.22. The van der Waals surface area contributed by atoms with Crippen molar-refractivity contribution in [3.05, 3.63) is 69.2 Å². The van der Waals surface area contributed by atoms with Gasteiger partial charge in [0.2, 0.25) is 0 Å². The number of benzene rings is 2. The quantitative estimate of drug-likeness (QED) is 0.669. The largest absolute Gasteiger partial charge is 0.419 e. The zero-order valence-corrected chi connectivity index (χ0v) is 12.9. The van der Waals surface area contributed by atoms with Crippen LogP contribution in [-0.2, 0) is 7.05 Å². The van der Waals surface area contributed by atoms with Crippen LogP contribution in [0.2, 0.25) is 0 Å². The van der Waals surface area contributed by atoms with Crippen molar-refractivity contribution in [1.29, 1.82) is 0 Å². The number of alkyl halides is 1. The summed E-state index contributed by atoms with van der Waals surface area (Å²) in [7, 11) is 1.69. The molecule has 0 fully saturated rings. The third kappa shape index (κ3) is 2.38. The maximum Gasteiger partial charge on any atom is 0.419 e. The molecule has 0 aliphatic rings. The van der Waals surface area contributed by atoms with Crippen LogP contribution in [0.15, 0.2) is 45.6 Å². The van der Waals surface area contributed by atoms with Gasteiger partial charge in [-0.3, -0.25) is 4.57 Å². The van der Waals surface area contributed by atoms with Crippen molar-refractivity contribution in [2.24, 2.45) is 7.05 Å². The lowest BCUT2D eigenvalue weighted by Crippen LogP contribution is -2.08. The fraction of sp³-hybridized carbons (Fsp3) is 0.235. The summed E-state index contributed by atoms with van der Waals surface area (Å²) in [5, 5.41) is -0.264. The molecule has 3 rings (SSSR count). The molecule has 1 heterocycles. The molecule has 0 amide bonds. The van der Waals surface area contributed by atoms with Gasteiger partial charge in [0.15, 0.2) is 5.58 Å². The van der Waals surface area contributed by atoms with E-state index in [1.165, 1.54) is 10.1 Å². The maximum absolute atomic E-state index is 11.6. The number of fused-ring (bicyclic) bond motifs is 1. The molecular formula is C17H16ClNO2. The van der Waals surface area contributed by atoms with E-state index in [9.17, 15) is 4.79 Å². The first-order chi connectivity index (χ1) is 9.97. The standard InChI is InChI=1S/C17H16ClNO2/c1-10-4-5-11(2)13(8-10)16(18)12-6-7-14-15(9-12)21-17(20)19(14)3/h4-9,16H,1-3H3. The van der Waals surface area contributed by atoms with Gasteiger partial charge in [0.05, 0.1) is 10.9 Å². The van der Waals surface area contributed by atoms with Crippen LogP contribution in [0.3, 0.4) is 0 Å². The smallest absolute Gasteiger partial charge is 0.408 e. The van der Waals surface area contributed by atoms with Crippen LogP contribution in [0.1, 0.15) is 27.6 Å². The molecule has 0 radical (unpaired) electrons. The molecule has 0 bridgehead atoms. The van der Waals surface area contributed by atoms with E-state index in [0.29, 0.717) is 5.58 Å². The van der Waals surface area contributed by atoms with Crippen molar-refractivity contribution in [3.8, 4) is 0 Å². The van der Waals surface area contributed by atoms with Gasteiger partial charge in [-0.15, -0.1) is 11.6 Å². The Morgan fingerprint density at radius 1 is 1.14 bits per heavy atom. The summed E-state index contributed by atoms with van der Waals surface area (Å²) in [4.78, 5) is 11.6. The van der Waals surface area contributed by atoms with E-state index in [1.807, 2.05) is 32.0 Å². The molecule has 2 aromatic carbocycles. The minimum absolute atomic E-state index is 0.264. The minimum Gasteiger partial charge on any atom is -0.408 e. The molecular weight excluding hydrogens is 286 g/mol. The zero-order chi connectivity index (χ0) is 15.1. The van der Waals surface area contributed by atoms with Crippen LogP contribution >= 0.6 is 11.6 Å². The van der Waals surface area contributed by atoms with Crippen molar-refractivity contribution in [2.75, 3.05) is 0 Å². The van der Waals surface area contributed by atoms with Crippen LogP contribution in [0, 0.1) is 13.8 Å². The predicted octanol–water partition coefficient (Wildman–Crippen LogP) is 4.08. The lowest BCUT2D eigenvalue weighted by molar-refractivity contribution is 0.528. The molecule has 0 saturated carbocycles. The monoisotopic (exact) mass is 301 g/mol. The molecule has 1 atom stereocenters. The number of aromatic nitrogens is 1. The number of rotatable bonds is 2. The van der Waals surface area contributed by atoms with E-state index in [0.717, 1.165) is 22.2 Å². The average Bonchev–Trinajstić information content (AvgIpc) is 2.75. The number of aryl methyl sites for hydroxylation is 3. The van der Waals surface area contributed by atoms with E-state index < -0.39 is 0 Å². The molecule has 3 nitrogen and oxygen atoms in total. The normalized spacial score (nSPS) is 12.8. The van der Waals surface area contributed by atoms with Gasteiger partial charge in [-0.05, 0) is 42.7 Å². The molecule has 108 valence electrons. The van der Waals surface area contributed by atoms with Crippen molar-refractivity contribution in [3.63, 3.8) is 0 Å². The molecule has 1 unspecified atom stereocenters. The summed E-state index contributed by atoms with van der Waals surface area (Å²) in [5.41, 5.74) is 5.66. The first-order valence-corrected chi connectivity index (χ1v) is 7.21. The highest BCUT2D eigenvalue weighted by atomic mass is 35.5. The SMILES string of the molecule is Cc1ccc(C)c(C(Cl)c2ccc3c(c2)oc(=O)n3C)c1. The fourth-order valence-electron chi connectivity index (χ4n) is 2.52. The van der Waals surface area contributed by atoms with E-state index >= 15 is 0 Å². The van der Waals surface area contributed by atoms with E-state index in [2.05, 4.69) is 18.2 Å². The third-order valence-corrected chi connectivity index (χ3v) is 4.30. The topological polar surface area (TPSA) is 35.1 Å². The lowest BCUT2D eigenvalue weighted by atomic mass is 9.98. The Labute approximate surface area is 127 Å². The zero-order valence-electron chi connectivity index (χ0n) is 12.2. The molecule has 0 aliphatic heterocycles. The lowest BCUT2D eigenvalue weighted by Gasteiger charge is -2.14. The number of hydrogen-bond acceptors (Lipinski definition) is 2. The number of hydrogen-bond donors (Lipinski definition) is 0. The molecule has 0 N–H and O–H groups in total. The van der Waals surface area contributed by atoms with Crippen molar-refractivity contribution in [1.82, 2.24) is 4.57 Å². The van der Waals surface area contributed by atoms with Gasteiger partial charge in [-0.2, -0.15) is 0 Å². The number of halogens is 1. The van der Waals surface area contributed by atoms with Crippen LogP contribution in [-0.4, -0.2) is 4.57 Å². The van der Waals surface area contributed by atoms with Crippen molar-refractivity contribution >= 4 is 22.7 Å². The molecule has 1 aromatic heterocycles. The van der Waals surface area contributed by atoms with Crippen LogP contribution in [0.25, 0.3) is 11.1 Å². The van der Waals surface area contributed by atoms with Gasteiger partial charge in [-0.25, -0.2) is 4.79 Å². The maximum atomic E-state index is 11.6. The molecule has 4 heteroatoms. The Morgan fingerprint density at radius 3 is 2.67 bits per heavy atom. The van der Waals surface area contributed by atoms with E-state index in [4.69, 9.17) is 16.0 Å². The molecule has 0 spiro atoms. The Kier molecular flexibility index (Phi) is 3.38. The molecule has 21 heavy (non-hydrogen) atoms. The average molecular weight is 302 g/mol. The summed E-state index contributed by atoms with van der Waals surface area (Å²) in [6.45, 7) is 4.09. The van der Waals surface area contributed by atoms with Gasteiger partial charge in [-0.1, -0.05) is 29.8 Å². The highest BCUT2D eigenvalue weighted by Crippen LogP contribution is 2.33. The third-order valence-electron chi connectivity index (χ3n) is 3.82. The van der Waals surface area contributed by atoms with Gasteiger partial charge >= 0.3 is 5.76 Å². The Balaban J connectivity index is 2.11. The number of oxazole rings is 1. The first-order valence-electron chi connectivity index (χ1n) is 6.78. The van der Waals surface area contributed by atoms with Gasteiger partial charge in [0.25, 0.3) is 0 Å². The molecule has 0 saturated heterocycles. The molecule has 3 aromatic rings. The highest BCUT2D eigenvalue weighted by Gasteiger charge is 2.16. The van der Waals surface area contributed by atoms with E-state index in [-0.39, 0.29) is 11.1 Å². The summed E-state index contributed by atoms with van der Waals surface area (Å²) >= 11 is 6.63. The van der Waals surface area contributed by atoms with Gasteiger partial charge in [0.1, 0.15) is 0 Å². The second-order valence-corrected chi connectivity index (χ2v) is 5.81. The second kappa shape index (κ2) is 5.08. The number of nitrogens with zero attached hydrogens (tertiary/aromatic N) is 1. The summed E-state index contributed by atoms with van der Waals surface area (Å²) < 4.78 is 6.71. The fourth-order valence-corrected chi connectivity index (χ4v) is 2.89. The van der Waals surface area contributed by atoms with Gasteiger partial charge in [0, 0.05) is 7.05 Å². The Bertz CT molecular complexity index is 876. The van der Waals surface area contributed by atoms with Crippen LogP contribution in [0.5, 0.6) is 0 Å². The van der Waals surface area contributed by atoms with Crippen LogP contribution < -0.4 is 5.76 Å². The molecule has 0 aliphatic carbocycles. The predicted molar refractivity (Wildman–Crippen MR) is 85.1 cm³/mol. The summed E-state index contributed by atoms with van der Waals surface area (Å²) in [6.07, 6.45) is 0. The van der Waals surface area contributed by atoms with Crippen molar-refractivity contribution < 1.29 is 4.42 Å². The summed E-state index contributed by atoms with van der Waals surface area (Å²) in [6, 6.07) is 11.9. The van der Waals surface area contributed by atoms with Crippen molar-refractivity contribution in [2.45, 2.75) is 19.2 Å². The first kappa shape index (κ1) is 14.0. The van der Waals surface area contributed by atoms with Gasteiger partial charge < -0.3 is 4.42 Å². The van der Waals surface area contributed by atoms with Crippen LogP contribution in [0.4, 0.5) is 0 Å². The summed E-state index contributed by atoms with van der Waals surface area (Å²) in [5.74, 6) is -0.361. The Morgan fingerprint density at radius 2 is 1.90 bits per heavy atom. The van der Waals surface area contributed by atoms with E-state index in [1.54, 1.807) is 7.05 Å².